The van der Waals surface area contributed by atoms with Gasteiger partial charge in [0.25, 0.3) is 0 Å². The van der Waals surface area contributed by atoms with Gasteiger partial charge in [-0.3, -0.25) is 5.43 Å². The molecule has 0 spiro atoms. The Morgan fingerprint density at radius 1 is 0.647 bits per heavy atom. The van der Waals surface area contributed by atoms with E-state index >= 15 is 0 Å². The van der Waals surface area contributed by atoms with E-state index in [0.717, 1.165) is 17.7 Å². The summed E-state index contributed by atoms with van der Waals surface area (Å²) in [5.41, 5.74) is 16.3. The predicted molar refractivity (Wildman–Crippen MR) is 146 cm³/mol. The molecule has 4 aromatic rings. The maximum absolute atomic E-state index is 4.74. The van der Waals surface area contributed by atoms with Crippen molar-refractivity contribution in [3.05, 3.63) is 113 Å². The van der Waals surface area contributed by atoms with Gasteiger partial charge in [-0.15, -0.1) is 0 Å². The maximum Gasteiger partial charge on any atom is 0.0630 e. The van der Waals surface area contributed by atoms with Crippen molar-refractivity contribution in [3.8, 4) is 22.3 Å². The number of benzene rings is 4. The molecule has 1 aliphatic rings. The van der Waals surface area contributed by atoms with Gasteiger partial charge in [-0.1, -0.05) is 113 Å². The molecule has 5 rings (SSSR count). The molecule has 0 saturated carbocycles. The quantitative estimate of drug-likeness (QED) is 0.206. The molecule has 0 unspecified atom stereocenters. The fourth-order valence-electron chi connectivity index (χ4n) is 5.11. The van der Waals surface area contributed by atoms with Crippen molar-refractivity contribution in [2.75, 3.05) is 5.43 Å². The fraction of sp³-hybridized carbons (Fsp3) is 0.219. The van der Waals surface area contributed by atoms with Crippen LogP contribution in [0.2, 0.25) is 0 Å². The van der Waals surface area contributed by atoms with Gasteiger partial charge in [0, 0.05) is 5.56 Å². The molecule has 1 aliphatic carbocycles. The van der Waals surface area contributed by atoms with E-state index in [2.05, 4.69) is 118 Å². The van der Waals surface area contributed by atoms with Gasteiger partial charge < -0.3 is 0 Å². The first-order valence-electron chi connectivity index (χ1n) is 12.3. The van der Waals surface area contributed by atoms with Crippen LogP contribution in [-0.2, 0) is 6.42 Å². The summed E-state index contributed by atoms with van der Waals surface area (Å²) < 4.78 is 0. The Labute approximate surface area is 203 Å². The minimum Gasteiger partial charge on any atom is -0.278 e. The van der Waals surface area contributed by atoms with Crippen molar-refractivity contribution in [2.24, 2.45) is 5.10 Å². The lowest BCUT2D eigenvalue weighted by molar-refractivity contribution is 0.835. The van der Waals surface area contributed by atoms with Gasteiger partial charge in [0.05, 0.1) is 11.9 Å². The summed E-state index contributed by atoms with van der Waals surface area (Å²) in [4.78, 5) is 0. The van der Waals surface area contributed by atoms with Crippen molar-refractivity contribution in [2.45, 2.75) is 46.0 Å². The van der Waals surface area contributed by atoms with Crippen LogP contribution in [0.1, 0.15) is 67.3 Å². The second kappa shape index (κ2) is 9.30. The molecule has 0 aromatic heterocycles. The summed E-state index contributed by atoms with van der Waals surface area (Å²) in [6.45, 7) is 8.94. The number of nitrogens with zero attached hydrogens (tertiary/aromatic N) is 1. The first-order chi connectivity index (χ1) is 16.5. The Balaban J connectivity index is 1.51. The standard InChI is InChI=1S/C32H32N2/c1-21(2)25-15-9-16-26(22(3)4)32(25)34-33-20-24-12-6-8-14-28(24)30-18-10-17-29-27-13-7-5-11-23(27)19-31(29)30/h5-18,20-22,34H,19H2,1-4H3. The van der Waals surface area contributed by atoms with E-state index in [-0.39, 0.29) is 0 Å². The lowest BCUT2D eigenvalue weighted by atomic mass is 9.93. The van der Waals surface area contributed by atoms with Gasteiger partial charge in [-0.2, -0.15) is 5.10 Å². The first kappa shape index (κ1) is 22.2. The molecule has 4 aromatic carbocycles. The van der Waals surface area contributed by atoms with E-state index in [4.69, 9.17) is 5.10 Å². The Morgan fingerprint density at radius 2 is 1.21 bits per heavy atom. The van der Waals surface area contributed by atoms with E-state index in [9.17, 15) is 0 Å². The second-order valence-electron chi connectivity index (χ2n) is 9.74. The highest BCUT2D eigenvalue weighted by molar-refractivity contribution is 5.94. The number of para-hydroxylation sites is 1. The van der Waals surface area contributed by atoms with Crippen molar-refractivity contribution < 1.29 is 0 Å². The Bertz CT molecular complexity index is 1340. The third kappa shape index (κ3) is 4.05. The van der Waals surface area contributed by atoms with E-state index in [1.807, 2.05) is 6.21 Å². The number of anilines is 1. The van der Waals surface area contributed by atoms with E-state index in [0.29, 0.717) is 11.8 Å². The normalized spacial score (nSPS) is 12.4. The van der Waals surface area contributed by atoms with Crippen LogP contribution in [0.5, 0.6) is 0 Å². The molecule has 2 nitrogen and oxygen atoms in total. The minimum absolute atomic E-state index is 0.428. The van der Waals surface area contributed by atoms with E-state index in [1.165, 1.54) is 44.5 Å². The number of hydrogen-bond acceptors (Lipinski definition) is 2. The third-order valence-corrected chi connectivity index (χ3v) is 6.85. The lowest BCUT2D eigenvalue weighted by Gasteiger charge is -2.18. The fourth-order valence-corrected chi connectivity index (χ4v) is 5.11. The van der Waals surface area contributed by atoms with Crippen LogP contribution in [-0.4, -0.2) is 6.21 Å². The number of nitrogens with one attached hydrogen (secondary N) is 1. The number of hydrogen-bond donors (Lipinski definition) is 1. The summed E-state index contributed by atoms with van der Waals surface area (Å²) >= 11 is 0. The molecule has 0 amide bonds. The van der Waals surface area contributed by atoms with Crippen LogP contribution in [0.3, 0.4) is 0 Å². The molecule has 170 valence electrons. The number of fused-ring (bicyclic) bond motifs is 3. The Morgan fingerprint density at radius 3 is 1.91 bits per heavy atom. The molecule has 34 heavy (non-hydrogen) atoms. The van der Waals surface area contributed by atoms with Gasteiger partial charge in [0.15, 0.2) is 0 Å². The number of rotatable bonds is 6. The van der Waals surface area contributed by atoms with Crippen LogP contribution in [0.15, 0.2) is 90.0 Å². The highest BCUT2D eigenvalue weighted by atomic mass is 15.3. The summed E-state index contributed by atoms with van der Waals surface area (Å²) in [6.07, 6.45) is 2.95. The average Bonchev–Trinajstić information content (AvgIpc) is 3.23. The van der Waals surface area contributed by atoms with Gasteiger partial charge in [-0.25, -0.2) is 0 Å². The van der Waals surface area contributed by atoms with Crippen LogP contribution in [0.25, 0.3) is 22.3 Å². The zero-order chi connectivity index (χ0) is 23.7. The topological polar surface area (TPSA) is 24.4 Å². The molecule has 0 atom stereocenters. The van der Waals surface area contributed by atoms with Crippen LogP contribution < -0.4 is 5.43 Å². The molecule has 0 saturated heterocycles. The number of hydrazone groups is 1. The van der Waals surface area contributed by atoms with Gasteiger partial charge in [0.1, 0.15) is 0 Å². The smallest absolute Gasteiger partial charge is 0.0630 e. The van der Waals surface area contributed by atoms with Gasteiger partial charge in [-0.05, 0) is 62.8 Å². The molecule has 0 heterocycles. The molecule has 0 bridgehead atoms. The third-order valence-electron chi connectivity index (χ3n) is 6.85. The zero-order valence-electron chi connectivity index (χ0n) is 20.5. The van der Waals surface area contributed by atoms with Crippen LogP contribution in [0.4, 0.5) is 5.69 Å². The van der Waals surface area contributed by atoms with Gasteiger partial charge >= 0.3 is 0 Å². The Kier molecular flexibility index (Phi) is 6.06. The van der Waals surface area contributed by atoms with Crippen molar-refractivity contribution >= 4 is 11.9 Å². The first-order valence-corrected chi connectivity index (χ1v) is 12.3. The maximum atomic E-state index is 4.74. The highest BCUT2D eigenvalue weighted by Gasteiger charge is 2.21. The highest BCUT2D eigenvalue weighted by Crippen LogP contribution is 2.42. The largest absolute Gasteiger partial charge is 0.278 e. The summed E-state index contributed by atoms with van der Waals surface area (Å²) in [7, 11) is 0. The second-order valence-corrected chi connectivity index (χ2v) is 9.74. The summed E-state index contributed by atoms with van der Waals surface area (Å²) in [5, 5.41) is 4.74. The molecular weight excluding hydrogens is 412 g/mol. The monoisotopic (exact) mass is 444 g/mol. The average molecular weight is 445 g/mol. The summed E-state index contributed by atoms with van der Waals surface area (Å²) in [6, 6.07) is 30.5. The molecule has 0 aliphatic heterocycles. The van der Waals surface area contributed by atoms with E-state index in [1.54, 1.807) is 0 Å². The zero-order valence-corrected chi connectivity index (χ0v) is 20.5. The van der Waals surface area contributed by atoms with E-state index < -0.39 is 0 Å². The molecule has 0 fully saturated rings. The van der Waals surface area contributed by atoms with Crippen molar-refractivity contribution in [1.82, 2.24) is 0 Å². The van der Waals surface area contributed by atoms with Crippen molar-refractivity contribution in [1.29, 1.82) is 0 Å². The van der Waals surface area contributed by atoms with Crippen LogP contribution >= 0.6 is 0 Å². The SMILES string of the molecule is CC(C)c1cccc(C(C)C)c1NN=Cc1ccccc1-c1cccc2c1Cc1ccccc1-2. The minimum atomic E-state index is 0.428. The van der Waals surface area contributed by atoms with Crippen molar-refractivity contribution in [3.63, 3.8) is 0 Å². The lowest BCUT2D eigenvalue weighted by Crippen LogP contribution is -2.03. The molecular formula is C32H32N2. The van der Waals surface area contributed by atoms with Gasteiger partial charge in [0.2, 0.25) is 0 Å². The van der Waals surface area contributed by atoms with Crippen LogP contribution in [0, 0.1) is 0 Å². The summed E-state index contributed by atoms with van der Waals surface area (Å²) in [5.74, 6) is 0.856. The predicted octanol–water partition coefficient (Wildman–Crippen LogP) is 8.62. The molecule has 0 radical (unpaired) electrons. The Hall–Kier alpha value is -3.65. The molecule has 2 heteroatoms. The molecule has 1 N–H and O–H groups in total.